The van der Waals surface area contributed by atoms with Gasteiger partial charge in [-0.05, 0) is 43.7 Å². The van der Waals surface area contributed by atoms with Gasteiger partial charge in [0.1, 0.15) is 17.2 Å². The molecule has 0 radical (unpaired) electrons. The van der Waals surface area contributed by atoms with Crippen LogP contribution in [-0.2, 0) is 0 Å². The summed E-state index contributed by atoms with van der Waals surface area (Å²) in [5.41, 5.74) is -1.72. The number of Topliss-reactive ketones (excluding diaryl/α,β-unsaturated/α-hetero) is 1. The second-order valence-corrected chi connectivity index (χ2v) is 5.17. The molecule has 0 atom stereocenters. The fourth-order valence-electron chi connectivity index (χ4n) is 2.39. The minimum absolute atomic E-state index is 0.228. The first-order chi connectivity index (χ1) is 8.42. The van der Waals surface area contributed by atoms with Gasteiger partial charge in [-0.25, -0.2) is 8.78 Å². The SMILES string of the molecule is CC1CCC(O)(C(=O)c2ccc(F)cc2F)CC1. The molecule has 18 heavy (non-hydrogen) atoms. The molecule has 0 bridgehead atoms. The molecule has 0 aromatic heterocycles. The Morgan fingerprint density at radius 1 is 1.33 bits per heavy atom. The number of ketones is 1. The normalized spacial score (nSPS) is 28.1. The molecule has 98 valence electrons. The molecule has 0 heterocycles. The van der Waals surface area contributed by atoms with Crippen LogP contribution in [0.4, 0.5) is 8.78 Å². The van der Waals surface area contributed by atoms with Crippen LogP contribution >= 0.6 is 0 Å². The fraction of sp³-hybridized carbons (Fsp3) is 0.500. The molecule has 1 saturated carbocycles. The molecule has 2 rings (SSSR count). The van der Waals surface area contributed by atoms with Crippen molar-refractivity contribution >= 4 is 5.78 Å². The van der Waals surface area contributed by atoms with Gasteiger partial charge in [0.25, 0.3) is 0 Å². The second kappa shape index (κ2) is 4.76. The highest BCUT2D eigenvalue weighted by Gasteiger charge is 2.40. The molecule has 0 spiro atoms. The largest absolute Gasteiger partial charge is 0.382 e. The van der Waals surface area contributed by atoms with Gasteiger partial charge in [-0.2, -0.15) is 0 Å². The Bertz CT molecular complexity index is 463. The summed E-state index contributed by atoms with van der Waals surface area (Å²) < 4.78 is 26.3. The molecule has 1 aliphatic carbocycles. The van der Waals surface area contributed by atoms with E-state index in [1.807, 2.05) is 0 Å². The van der Waals surface area contributed by atoms with Crippen LogP contribution in [0.15, 0.2) is 18.2 Å². The van der Waals surface area contributed by atoms with Crippen LogP contribution in [0.2, 0.25) is 0 Å². The Morgan fingerprint density at radius 2 is 1.94 bits per heavy atom. The summed E-state index contributed by atoms with van der Waals surface area (Å²) in [6.07, 6.45) is 2.16. The third-order valence-corrected chi connectivity index (χ3v) is 3.70. The first-order valence-corrected chi connectivity index (χ1v) is 6.14. The lowest BCUT2D eigenvalue weighted by Gasteiger charge is -2.33. The van der Waals surface area contributed by atoms with Crippen LogP contribution in [-0.4, -0.2) is 16.5 Å². The quantitative estimate of drug-likeness (QED) is 0.823. The second-order valence-electron chi connectivity index (χ2n) is 5.17. The molecule has 1 aromatic rings. The summed E-state index contributed by atoms with van der Waals surface area (Å²) in [5, 5.41) is 10.3. The fourth-order valence-corrected chi connectivity index (χ4v) is 2.39. The number of halogens is 2. The zero-order valence-electron chi connectivity index (χ0n) is 10.2. The number of benzene rings is 1. The first kappa shape index (κ1) is 13.1. The molecule has 0 unspecified atom stereocenters. The minimum Gasteiger partial charge on any atom is -0.382 e. The minimum atomic E-state index is -1.49. The number of aliphatic hydroxyl groups is 1. The smallest absolute Gasteiger partial charge is 0.197 e. The zero-order chi connectivity index (χ0) is 13.3. The molecule has 2 nitrogen and oxygen atoms in total. The molecule has 0 amide bonds. The summed E-state index contributed by atoms with van der Waals surface area (Å²) in [6.45, 7) is 2.06. The number of carbonyl (C=O) groups excluding carboxylic acids is 1. The summed E-state index contributed by atoms with van der Waals surface area (Å²) in [6, 6.07) is 2.80. The molecule has 1 aromatic carbocycles. The van der Waals surface area contributed by atoms with Crippen LogP contribution < -0.4 is 0 Å². The van der Waals surface area contributed by atoms with Gasteiger partial charge in [-0.1, -0.05) is 6.92 Å². The molecule has 1 aliphatic rings. The van der Waals surface area contributed by atoms with Gasteiger partial charge in [-0.3, -0.25) is 4.79 Å². The third kappa shape index (κ3) is 2.43. The summed E-state index contributed by atoms with van der Waals surface area (Å²) in [4.78, 5) is 12.1. The van der Waals surface area contributed by atoms with E-state index < -0.39 is 23.0 Å². The van der Waals surface area contributed by atoms with Gasteiger partial charge in [0.15, 0.2) is 5.78 Å². The van der Waals surface area contributed by atoms with E-state index in [1.165, 1.54) is 0 Å². The van der Waals surface area contributed by atoms with Crippen molar-refractivity contribution in [3.8, 4) is 0 Å². The van der Waals surface area contributed by atoms with Gasteiger partial charge >= 0.3 is 0 Å². The molecule has 1 fully saturated rings. The average Bonchev–Trinajstić information content (AvgIpc) is 2.32. The topological polar surface area (TPSA) is 37.3 Å². The Labute approximate surface area is 105 Å². The molecule has 4 heteroatoms. The van der Waals surface area contributed by atoms with Crippen molar-refractivity contribution < 1.29 is 18.7 Å². The van der Waals surface area contributed by atoms with Gasteiger partial charge in [0.2, 0.25) is 0 Å². The Morgan fingerprint density at radius 3 is 2.50 bits per heavy atom. The van der Waals surface area contributed by atoms with Crippen molar-refractivity contribution in [2.75, 3.05) is 0 Å². The maximum absolute atomic E-state index is 13.5. The van der Waals surface area contributed by atoms with Crippen molar-refractivity contribution in [1.29, 1.82) is 0 Å². The molecular weight excluding hydrogens is 238 g/mol. The van der Waals surface area contributed by atoms with E-state index in [2.05, 4.69) is 6.92 Å². The van der Waals surface area contributed by atoms with E-state index >= 15 is 0 Å². The van der Waals surface area contributed by atoms with E-state index in [1.54, 1.807) is 0 Å². The van der Waals surface area contributed by atoms with Crippen LogP contribution in [0.5, 0.6) is 0 Å². The Balaban J connectivity index is 2.25. The van der Waals surface area contributed by atoms with Crippen LogP contribution in [0.3, 0.4) is 0 Å². The van der Waals surface area contributed by atoms with Crippen molar-refractivity contribution in [2.24, 2.45) is 5.92 Å². The molecule has 0 aliphatic heterocycles. The van der Waals surface area contributed by atoms with E-state index in [0.717, 1.165) is 25.0 Å². The Kier molecular flexibility index (Phi) is 3.48. The predicted octanol–water partition coefficient (Wildman–Crippen LogP) is 3.09. The lowest BCUT2D eigenvalue weighted by molar-refractivity contribution is 0.00391. The third-order valence-electron chi connectivity index (χ3n) is 3.70. The zero-order valence-corrected chi connectivity index (χ0v) is 10.2. The van der Waals surface area contributed by atoms with Crippen molar-refractivity contribution in [1.82, 2.24) is 0 Å². The summed E-state index contributed by atoms with van der Waals surface area (Å²) in [5.74, 6) is -1.80. The lowest BCUT2D eigenvalue weighted by Crippen LogP contribution is -2.42. The van der Waals surface area contributed by atoms with Crippen molar-refractivity contribution in [3.63, 3.8) is 0 Å². The van der Waals surface area contributed by atoms with Crippen LogP contribution in [0.25, 0.3) is 0 Å². The van der Waals surface area contributed by atoms with E-state index in [4.69, 9.17) is 0 Å². The highest BCUT2D eigenvalue weighted by atomic mass is 19.1. The average molecular weight is 254 g/mol. The monoisotopic (exact) mass is 254 g/mol. The van der Waals surface area contributed by atoms with Crippen LogP contribution in [0.1, 0.15) is 43.0 Å². The molecular formula is C14H16F2O2. The summed E-state index contributed by atoms with van der Waals surface area (Å²) >= 11 is 0. The first-order valence-electron chi connectivity index (χ1n) is 6.14. The number of rotatable bonds is 2. The van der Waals surface area contributed by atoms with Gasteiger partial charge in [0, 0.05) is 6.07 Å². The number of hydrogen-bond acceptors (Lipinski definition) is 2. The van der Waals surface area contributed by atoms with Crippen LogP contribution in [0, 0.1) is 17.6 Å². The van der Waals surface area contributed by atoms with Gasteiger partial charge < -0.3 is 5.11 Å². The lowest BCUT2D eigenvalue weighted by atomic mass is 9.76. The Hall–Kier alpha value is -1.29. The maximum Gasteiger partial charge on any atom is 0.197 e. The molecule has 0 saturated heterocycles. The summed E-state index contributed by atoms with van der Waals surface area (Å²) in [7, 11) is 0. The van der Waals surface area contributed by atoms with Gasteiger partial charge in [0.05, 0.1) is 5.56 Å². The molecule has 1 N–H and O–H groups in total. The van der Waals surface area contributed by atoms with Crippen molar-refractivity contribution in [3.05, 3.63) is 35.4 Å². The maximum atomic E-state index is 13.5. The predicted molar refractivity (Wildman–Crippen MR) is 63.3 cm³/mol. The number of carbonyl (C=O) groups is 1. The highest BCUT2D eigenvalue weighted by molar-refractivity contribution is 6.02. The van der Waals surface area contributed by atoms with E-state index in [9.17, 15) is 18.7 Å². The van der Waals surface area contributed by atoms with Gasteiger partial charge in [-0.15, -0.1) is 0 Å². The highest BCUT2D eigenvalue weighted by Crippen LogP contribution is 2.34. The number of hydrogen-bond donors (Lipinski definition) is 1. The van der Waals surface area contributed by atoms with Crippen molar-refractivity contribution in [2.45, 2.75) is 38.2 Å². The van der Waals surface area contributed by atoms with E-state index in [0.29, 0.717) is 24.8 Å². The standard InChI is InChI=1S/C14H16F2O2/c1-9-4-6-14(18,7-5-9)13(17)11-3-2-10(15)8-12(11)16/h2-3,8-9,18H,4-7H2,1H3. The van der Waals surface area contributed by atoms with E-state index in [-0.39, 0.29) is 5.56 Å².